The van der Waals surface area contributed by atoms with Gasteiger partial charge >= 0.3 is 0 Å². The first-order chi connectivity index (χ1) is 6.98. The minimum absolute atomic E-state index is 0.447. The summed E-state index contributed by atoms with van der Waals surface area (Å²) in [4.78, 5) is 0.965. The summed E-state index contributed by atoms with van der Waals surface area (Å²) < 4.78 is 4.60. The van der Waals surface area contributed by atoms with Crippen LogP contribution in [0.2, 0.25) is 5.02 Å². The van der Waals surface area contributed by atoms with Crippen LogP contribution in [0, 0.1) is 11.3 Å². The maximum atomic E-state index is 8.90. The smallest absolute Gasteiger partial charge is 0.137 e. The van der Waals surface area contributed by atoms with Gasteiger partial charge in [0.15, 0.2) is 0 Å². The Labute approximate surface area is 99.2 Å². The van der Waals surface area contributed by atoms with Crippen LogP contribution >= 0.6 is 23.4 Å². The predicted molar refractivity (Wildman–Crippen MR) is 63.6 cm³/mol. The van der Waals surface area contributed by atoms with E-state index in [1.165, 1.54) is 11.8 Å². The van der Waals surface area contributed by atoms with Gasteiger partial charge in [-0.2, -0.15) is 5.26 Å². The average Bonchev–Trinajstić information content (AvgIpc) is 2.17. The molecule has 1 aromatic rings. The molecule has 80 valence electrons. The normalized spacial score (nSPS) is 10.9. The summed E-state index contributed by atoms with van der Waals surface area (Å²) in [5.41, 5.74) is 0. The fourth-order valence-corrected chi connectivity index (χ4v) is 2.30. The highest BCUT2D eigenvalue weighted by atomic mass is 35.5. The summed E-state index contributed by atoms with van der Waals surface area (Å²) in [5, 5.41) is 9.46. The summed E-state index contributed by atoms with van der Waals surface area (Å²) in [6.45, 7) is 3.74. The van der Waals surface area contributed by atoms with Crippen molar-refractivity contribution in [1.82, 2.24) is 0 Å². The molecule has 1 rings (SSSR count). The van der Waals surface area contributed by atoms with Crippen molar-refractivity contribution in [3.8, 4) is 11.8 Å². The summed E-state index contributed by atoms with van der Waals surface area (Å²) in [6, 6.07) is 7.74. The van der Waals surface area contributed by atoms with Crippen LogP contribution in [0.3, 0.4) is 0 Å². The van der Waals surface area contributed by atoms with Crippen molar-refractivity contribution in [1.29, 1.82) is 5.26 Å². The van der Waals surface area contributed by atoms with E-state index in [2.05, 4.69) is 6.07 Å². The van der Waals surface area contributed by atoms with Gasteiger partial charge in [-0.05, 0) is 32.0 Å². The molecule has 0 amide bonds. The molecule has 0 aliphatic rings. The highest BCUT2D eigenvalue weighted by Crippen LogP contribution is 2.35. The minimum Gasteiger partial charge on any atom is -0.495 e. The van der Waals surface area contributed by atoms with Gasteiger partial charge in [0.2, 0.25) is 0 Å². The second-order valence-corrected chi connectivity index (χ2v) is 5.62. The van der Waals surface area contributed by atoms with Gasteiger partial charge in [-0.25, -0.2) is 0 Å². The third-order valence-corrected chi connectivity index (χ3v) is 3.15. The molecule has 1 aromatic carbocycles. The maximum absolute atomic E-state index is 8.90. The summed E-state index contributed by atoms with van der Waals surface area (Å²) >= 11 is 7.46. The lowest BCUT2D eigenvalue weighted by molar-refractivity contribution is 0.414. The highest BCUT2D eigenvalue weighted by molar-refractivity contribution is 8.00. The maximum Gasteiger partial charge on any atom is 0.137 e. The molecule has 0 N–H and O–H groups in total. The van der Waals surface area contributed by atoms with E-state index in [4.69, 9.17) is 21.6 Å². The molecule has 0 unspecified atom stereocenters. The van der Waals surface area contributed by atoms with E-state index in [-0.39, 0.29) is 0 Å². The number of rotatable bonds is 3. The molecule has 0 fully saturated rings. The Morgan fingerprint density at radius 1 is 1.47 bits per heavy atom. The lowest BCUT2D eigenvalue weighted by Crippen LogP contribution is -2.09. The van der Waals surface area contributed by atoms with Gasteiger partial charge in [-0.15, -0.1) is 11.8 Å². The highest BCUT2D eigenvalue weighted by Gasteiger charge is 2.18. The second kappa shape index (κ2) is 4.78. The van der Waals surface area contributed by atoms with Crippen LogP contribution < -0.4 is 4.74 Å². The Morgan fingerprint density at radius 3 is 2.60 bits per heavy atom. The second-order valence-electron chi connectivity index (χ2n) is 3.52. The third kappa shape index (κ3) is 3.33. The average molecular weight is 242 g/mol. The number of thioether (sulfide) groups is 1. The largest absolute Gasteiger partial charge is 0.495 e. The van der Waals surface area contributed by atoms with Crippen LogP contribution in [-0.4, -0.2) is 11.9 Å². The monoisotopic (exact) mass is 241 g/mol. The van der Waals surface area contributed by atoms with Crippen LogP contribution in [0.25, 0.3) is 0 Å². The number of hydrogen-bond acceptors (Lipinski definition) is 3. The molecule has 15 heavy (non-hydrogen) atoms. The topological polar surface area (TPSA) is 33.0 Å². The number of nitrogens with zero attached hydrogens (tertiary/aromatic N) is 1. The molecule has 0 bridgehead atoms. The summed E-state index contributed by atoms with van der Waals surface area (Å²) in [6.07, 6.45) is 0. The fourth-order valence-electron chi connectivity index (χ4n) is 1.03. The Kier molecular flexibility index (Phi) is 3.90. The zero-order valence-electron chi connectivity index (χ0n) is 8.87. The molecule has 0 saturated carbocycles. The van der Waals surface area contributed by atoms with Gasteiger partial charge in [-0.3, -0.25) is 0 Å². The molecular weight excluding hydrogens is 230 g/mol. The first kappa shape index (κ1) is 12.2. The molecule has 2 nitrogen and oxygen atoms in total. The Balaban J connectivity index is 2.90. The third-order valence-electron chi connectivity index (χ3n) is 1.77. The molecule has 4 heteroatoms. The van der Waals surface area contributed by atoms with E-state index in [0.29, 0.717) is 10.8 Å². The van der Waals surface area contributed by atoms with Crippen LogP contribution in [0.15, 0.2) is 23.1 Å². The van der Waals surface area contributed by atoms with E-state index in [9.17, 15) is 0 Å². The first-order valence-corrected chi connectivity index (χ1v) is 5.62. The number of methoxy groups -OCH3 is 1. The van der Waals surface area contributed by atoms with Gasteiger partial charge < -0.3 is 4.74 Å². The van der Waals surface area contributed by atoms with Gasteiger partial charge in [0, 0.05) is 4.90 Å². The Hall–Kier alpha value is -0.850. The molecule has 0 spiro atoms. The minimum atomic E-state index is -0.447. The van der Waals surface area contributed by atoms with Crippen LogP contribution in [-0.2, 0) is 0 Å². The number of halogens is 1. The van der Waals surface area contributed by atoms with Gasteiger partial charge in [-0.1, -0.05) is 11.6 Å². The van der Waals surface area contributed by atoms with Crippen molar-refractivity contribution in [2.24, 2.45) is 0 Å². The van der Waals surface area contributed by atoms with E-state index in [1.807, 2.05) is 26.0 Å². The molecule has 0 aliphatic carbocycles. The van der Waals surface area contributed by atoms with Crippen molar-refractivity contribution in [2.45, 2.75) is 23.5 Å². The zero-order valence-corrected chi connectivity index (χ0v) is 10.4. The fraction of sp³-hybridized carbons (Fsp3) is 0.364. The lowest BCUT2D eigenvalue weighted by atomic mass is 10.2. The van der Waals surface area contributed by atoms with Gasteiger partial charge in [0.1, 0.15) is 10.5 Å². The van der Waals surface area contributed by atoms with Gasteiger partial charge in [0.25, 0.3) is 0 Å². The Morgan fingerprint density at radius 2 is 2.13 bits per heavy atom. The molecule has 0 atom stereocenters. The van der Waals surface area contributed by atoms with Crippen LogP contribution in [0.1, 0.15) is 13.8 Å². The molecule has 0 saturated heterocycles. The Bertz CT molecular complexity index is 398. The standard InChI is InChI=1S/C11H12ClNOS/c1-11(2,7-13)15-8-4-5-10(14-3)9(12)6-8/h4-6H,1-3H3. The SMILES string of the molecule is COc1ccc(SC(C)(C)C#N)cc1Cl. The molecule has 0 aromatic heterocycles. The van der Waals surface area contributed by atoms with Crippen LogP contribution in [0.4, 0.5) is 0 Å². The lowest BCUT2D eigenvalue weighted by Gasteiger charge is -2.14. The predicted octanol–water partition coefficient (Wildman–Crippen LogP) is 3.74. The molecule has 0 aliphatic heterocycles. The number of benzene rings is 1. The van der Waals surface area contributed by atoms with Crippen molar-refractivity contribution in [3.63, 3.8) is 0 Å². The van der Waals surface area contributed by atoms with E-state index in [0.717, 1.165) is 4.90 Å². The quantitative estimate of drug-likeness (QED) is 0.756. The molecular formula is C11H12ClNOS. The van der Waals surface area contributed by atoms with Crippen molar-refractivity contribution in [3.05, 3.63) is 23.2 Å². The number of hydrogen-bond donors (Lipinski definition) is 0. The van der Waals surface area contributed by atoms with E-state index in [1.54, 1.807) is 13.2 Å². The van der Waals surface area contributed by atoms with Crippen LogP contribution in [0.5, 0.6) is 5.75 Å². The summed E-state index contributed by atoms with van der Waals surface area (Å²) in [7, 11) is 1.58. The van der Waals surface area contributed by atoms with E-state index < -0.39 is 4.75 Å². The van der Waals surface area contributed by atoms with Crippen molar-refractivity contribution < 1.29 is 4.74 Å². The molecule has 0 radical (unpaired) electrons. The van der Waals surface area contributed by atoms with Gasteiger partial charge in [0.05, 0.1) is 18.2 Å². The first-order valence-electron chi connectivity index (χ1n) is 4.42. The van der Waals surface area contributed by atoms with Crippen molar-refractivity contribution >= 4 is 23.4 Å². The number of ether oxygens (including phenoxy) is 1. The van der Waals surface area contributed by atoms with E-state index >= 15 is 0 Å². The number of nitriles is 1. The van der Waals surface area contributed by atoms with Crippen molar-refractivity contribution in [2.75, 3.05) is 7.11 Å². The zero-order chi connectivity index (χ0) is 11.5. The summed E-state index contributed by atoms with van der Waals surface area (Å²) in [5.74, 6) is 0.649. The molecule has 0 heterocycles.